The minimum absolute atomic E-state index is 0.518. The van der Waals surface area contributed by atoms with Crippen LogP contribution in [-0.4, -0.2) is 39.7 Å². The Hall–Kier alpha value is -1.95. The lowest BCUT2D eigenvalue weighted by Gasteiger charge is -2.31. The van der Waals surface area contributed by atoms with Gasteiger partial charge in [-0.05, 0) is 32.4 Å². The molecule has 3 rings (SSSR count). The number of piperidine rings is 1. The van der Waals surface area contributed by atoms with Gasteiger partial charge in [-0.1, -0.05) is 11.2 Å². The van der Waals surface area contributed by atoms with E-state index in [1.807, 2.05) is 25.1 Å². The van der Waals surface area contributed by atoms with Crippen LogP contribution in [0.1, 0.15) is 24.6 Å². The van der Waals surface area contributed by atoms with E-state index in [2.05, 4.69) is 20.0 Å². The molecule has 0 amide bonds. The van der Waals surface area contributed by atoms with E-state index in [1.54, 1.807) is 6.20 Å². The quantitative estimate of drug-likeness (QED) is 0.839. The van der Waals surface area contributed by atoms with Gasteiger partial charge in [0.15, 0.2) is 5.82 Å². The number of pyridine rings is 1. The number of nitrogens with zero attached hydrogens (tertiary/aromatic N) is 4. The maximum absolute atomic E-state index is 5.76. The third-order valence-electron chi connectivity index (χ3n) is 3.64. The summed E-state index contributed by atoms with van der Waals surface area (Å²) in [6, 6.07) is 5.72. The molecule has 1 aliphatic heterocycles. The number of hydrogen-bond donors (Lipinski definition) is 0. The first-order chi connectivity index (χ1) is 10.3. The molecule has 21 heavy (non-hydrogen) atoms. The predicted octanol–water partition coefficient (Wildman–Crippen LogP) is 2.06. The summed E-state index contributed by atoms with van der Waals surface area (Å²) in [4.78, 5) is 10.8. The number of aromatic nitrogens is 3. The first kappa shape index (κ1) is 14.0. The standard InChI is InChI=1S/C15H20N4O2/c1-12-17-15(21-18-12)10-19-8-4-5-13(9-19)11-20-14-6-2-3-7-16-14/h2-3,6-7,13H,4-5,8-11H2,1H3. The molecule has 0 spiro atoms. The molecule has 112 valence electrons. The fraction of sp³-hybridized carbons (Fsp3) is 0.533. The van der Waals surface area contributed by atoms with Crippen molar-refractivity contribution in [2.24, 2.45) is 5.92 Å². The molecule has 0 saturated carbocycles. The van der Waals surface area contributed by atoms with Gasteiger partial charge in [0.2, 0.25) is 11.8 Å². The van der Waals surface area contributed by atoms with E-state index in [0.717, 1.165) is 19.6 Å². The molecule has 0 radical (unpaired) electrons. The van der Waals surface area contributed by atoms with Crippen molar-refractivity contribution in [1.82, 2.24) is 20.0 Å². The Bertz CT molecular complexity index is 558. The Morgan fingerprint density at radius 2 is 2.38 bits per heavy atom. The maximum atomic E-state index is 5.76. The number of hydrogen-bond acceptors (Lipinski definition) is 6. The Balaban J connectivity index is 1.49. The number of aryl methyl sites for hydroxylation is 1. The first-order valence-corrected chi connectivity index (χ1v) is 7.35. The van der Waals surface area contributed by atoms with E-state index in [1.165, 1.54) is 12.8 Å². The molecule has 1 unspecified atom stereocenters. The van der Waals surface area contributed by atoms with Crippen LogP contribution in [0.2, 0.25) is 0 Å². The molecule has 0 aliphatic carbocycles. The summed E-state index contributed by atoms with van der Waals surface area (Å²) in [5.41, 5.74) is 0. The summed E-state index contributed by atoms with van der Waals surface area (Å²) in [5, 5.41) is 3.83. The zero-order valence-electron chi connectivity index (χ0n) is 12.2. The van der Waals surface area contributed by atoms with Gasteiger partial charge in [-0.3, -0.25) is 4.90 Å². The summed E-state index contributed by atoms with van der Waals surface area (Å²) in [6.45, 7) is 5.33. The first-order valence-electron chi connectivity index (χ1n) is 7.35. The summed E-state index contributed by atoms with van der Waals surface area (Å²) < 4.78 is 10.9. The molecular weight excluding hydrogens is 268 g/mol. The molecule has 0 aromatic carbocycles. The molecule has 6 heteroatoms. The fourth-order valence-electron chi connectivity index (χ4n) is 2.66. The Morgan fingerprint density at radius 3 is 3.14 bits per heavy atom. The fourth-order valence-corrected chi connectivity index (χ4v) is 2.66. The lowest BCUT2D eigenvalue weighted by Crippen LogP contribution is -2.37. The van der Waals surface area contributed by atoms with Gasteiger partial charge in [0.25, 0.3) is 0 Å². The van der Waals surface area contributed by atoms with Crippen LogP contribution in [0.3, 0.4) is 0 Å². The maximum Gasteiger partial charge on any atom is 0.240 e. The second-order valence-electron chi connectivity index (χ2n) is 5.46. The van der Waals surface area contributed by atoms with Crippen molar-refractivity contribution in [2.45, 2.75) is 26.3 Å². The highest BCUT2D eigenvalue weighted by atomic mass is 16.5. The van der Waals surface area contributed by atoms with Crippen molar-refractivity contribution in [1.29, 1.82) is 0 Å². The number of likely N-dealkylation sites (tertiary alicyclic amines) is 1. The van der Waals surface area contributed by atoms with Gasteiger partial charge >= 0.3 is 0 Å². The zero-order chi connectivity index (χ0) is 14.5. The molecular formula is C15H20N4O2. The van der Waals surface area contributed by atoms with Gasteiger partial charge in [0.05, 0.1) is 13.2 Å². The Labute approximate surface area is 124 Å². The lowest BCUT2D eigenvalue weighted by atomic mass is 9.99. The molecule has 3 heterocycles. The minimum Gasteiger partial charge on any atom is -0.477 e. The van der Waals surface area contributed by atoms with Gasteiger partial charge in [-0.15, -0.1) is 0 Å². The van der Waals surface area contributed by atoms with Crippen molar-refractivity contribution in [3.05, 3.63) is 36.1 Å². The third kappa shape index (κ3) is 4.01. The van der Waals surface area contributed by atoms with Gasteiger partial charge < -0.3 is 9.26 Å². The predicted molar refractivity (Wildman–Crippen MR) is 76.8 cm³/mol. The molecule has 2 aromatic rings. The van der Waals surface area contributed by atoms with Crippen molar-refractivity contribution in [3.8, 4) is 5.88 Å². The molecule has 0 N–H and O–H groups in total. The molecule has 1 atom stereocenters. The van der Waals surface area contributed by atoms with Crippen LogP contribution in [0.25, 0.3) is 0 Å². The van der Waals surface area contributed by atoms with E-state index in [-0.39, 0.29) is 0 Å². The number of ether oxygens (including phenoxy) is 1. The van der Waals surface area contributed by atoms with Crippen LogP contribution in [0, 0.1) is 12.8 Å². The topological polar surface area (TPSA) is 64.3 Å². The van der Waals surface area contributed by atoms with Gasteiger partial charge in [0.1, 0.15) is 0 Å². The van der Waals surface area contributed by atoms with Gasteiger partial charge in [-0.2, -0.15) is 4.98 Å². The van der Waals surface area contributed by atoms with E-state index in [9.17, 15) is 0 Å². The number of rotatable bonds is 5. The molecule has 1 fully saturated rings. The summed E-state index contributed by atoms with van der Waals surface area (Å²) in [5.74, 6) is 2.60. The van der Waals surface area contributed by atoms with E-state index in [4.69, 9.17) is 9.26 Å². The van der Waals surface area contributed by atoms with Crippen molar-refractivity contribution < 1.29 is 9.26 Å². The Kier molecular flexibility index (Phi) is 4.45. The summed E-state index contributed by atoms with van der Waals surface area (Å²) in [6.07, 6.45) is 4.11. The van der Waals surface area contributed by atoms with Gasteiger partial charge in [0, 0.05) is 24.7 Å². The second-order valence-corrected chi connectivity index (χ2v) is 5.46. The zero-order valence-corrected chi connectivity index (χ0v) is 12.2. The van der Waals surface area contributed by atoms with E-state index >= 15 is 0 Å². The largest absolute Gasteiger partial charge is 0.477 e. The second kappa shape index (κ2) is 6.67. The minimum atomic E-state index is 0.518. The van der Waals surface area contributed by atoms with Crippen LogP contribution >= 0.6 is 0 Å². The molecule has 1 aliphatic rings. The molecule has 1 saturated heterocycles. The van der Waals surface area contributed by atoms with Crippen LogP contribution in [0.4, 0.5) is 0 Å². The van der Waals surface area contributed by atoms with Gasteiger partial charge in [-0.25, -0.2) is 4.98 Å². The smallest absolute Gasteiger partial charge is 0.240 e. The van der Waals surface area contributed by atoms with Crippen LogP contribution in [0.5, 0.6) is 5.88 Å². The highest BCUT2D eigenvalue weighted by molar-refractivity contribution is 5.09. The summed E-state index contributed by atoms with van der Waals surface area (Å²) >= 11 is 0. The van der Waals surface area contributed by atoms with Crippen molar-refractivity contribution in [2.75, 3.05) is 19.7 Å². The lowest BCUT2D eigenvalue weighted by molar-refractivity contribution is 0.113. The van der Waals surface area contributed by atoms with Crippen LogP contribution in [0.15, 0.2) is 28.9 Å². The average Bonchev–Trinajstić information content (AvgIpc) is 2.92. The van der Waals surface area contributed by atoms with Crippen LogP contribution in [-0.2, 0) is 6.54 Å². The van der Waals surface area contributed by atoms with E-state index in [0.29, 0.717) is 30.1 Å². The monoisotopic (exact) mass is 288 g/mol. The summed E-state index contributed by atoms with van der Waals surface area (Å²) in [7, 11) is 0. The molecule has 6 nitrogen and oxygen atoms in total. The highest BCUT2D eigenvalue weighted by Gasteiger charge is 2.22. The highest BCUT2D eigenvalue weighted by Crippen LogP contribution is 2.19. The molecule has 0 bridgehead atoms. The Morgan fingerprint density at radius 1 is 1.43 bits per heavy atom. The third-order valence-corrected chi connectivity index (χ3v) is 3.64. The normalized spacial score (nSPS) is 19.6. The average molecular weight is 288 g/mol. The van der Waals surface area contributed by atoms with E-state index < -0.39 is 0 Å². The van der Waals surface area contributed by atoms with Crippen molar-refractivity contribution >= 4 is 0 Å². The molecule has 2 aromatic heterocycles. The van der Waals surface area contributed by atoms with Crippen LogP contribution < -0.4 is 4.74 Å². The SMILES string of the molecule is Cc1noc(CN2CCCC(COc3ccccn3)C2)n1. The van der Waals surface area contributed by atoms with Crippen molar-refractivity contribution in [3.63, 3.8) is 0 Å².